The Labute approximate surface area is 112 Å². The van der Waals surface area contributed by atoms with E-state index >= 15 is 0 Å². The molecule has 1 heterocycles. The Morgan fingerprint density at radius 1 is 1.33 bits per heavy atom. The number of halogens is 1. The van der Waals surface area contributed by atoms with Gasteiger partial charge in [-0.2, -0.15) is 0 Å². The number of carbonyl (C=O) groups is 1. The van der Waals surface area contributed by atoms with E-state index in [2.05, 4.69) is 20.9 Å². The van der Waals surface area contributed by atoms with Crippen LogP contribution in [0.2, 0.25) is 0 Å². The van der Waals surface area contributed by atoms with Gasteiger partial charge in [0.05, 0.1) is 6.20 Å². The molecule has 1 aromatic heterocycles. The Morgan fingerprint density at radius 3 is 2.78 bits per heavy atom. The lowest BCUT2D eigenvalue weighted by atomic mass is 10.1. The van der Waals surface area contributed by atoms with Gasteiger partial charge in [-0.15, -0.1) is 0 Å². The number of rotatable bonds is 3. The van der Waals surface area contributed by atoms with E-state index in [0.29, 0.717) is 11.5 Å². The second-order valence-electron chi connectivity index (χ2n) is 3.75. The zero-order valence-corrected chi connectivity index (χ0v) is 11.1. The Kier molecular flexibility index (Phi) is 3.62. The molecule has 0 saturated carbocycles. The van der Waals surface area contributed by atoms with Crippen LogP contribution in [0.1, 0.15) is 15.9 Å². The number of aryl methyl sites for hydroxylation is 1. The van der Waals surface area contributed by atoms with Gasteiger partial charge in [0.2, 0.25) is 0 Å². The van der Waals surface area contributed by atoms with Crippen LogP contribution < -0.4 is 4.74 Å². The average molecular weight is 308 g/mol. The summed E-state index contributed by atoms with van der Waals surface area (Å²) in [6.45, 7) is 1.83. The second kappa shape index (κ2) is 5.18. The molecule has 2 rings (SSSR count). The minimum absolute atomic E-state index is 0.134. The first-order chi connectivity index (χ1) is 8.56. The topological polar surface area (TPSA) is 59.4 Å². The zero-order chi connectivity index (χ0) is 13.1. The van der Waals surface area contributed by atoms with Crippen molar-refractivity contribution in [3.8, 4) is 11.5 Å². The summed E-state index contributed by atoms with van der Waals surface area (Å²) in [5.41, 5.74) is 1.00. The molecule has 0 radical (unpaired) electrons. The Balaban J connectivity index is 2.37. The van der Waals surface area contributed by atoms with Crippen LogP contribution in [0, 0.1) is 6.92 Å². The number of aromatic carboxylic acids is 1. The fourth-order valence-electron chi connectivity index (χ4n) is 1.48. The van der Waals surface area contributed by atoms with Gasteiger partial charge in [-0.05, 0) is 41.1 Å². The number of hydrogen-bond donors (Lipinski definition) is 1. The van der Waals surface area contributed by atoms with Gasteiger partial charge in [-0.3, -0.25) is 4.98 Å². The maximum Gasteiger partial charge on any atom is 0.339 e. The van der Waals surface area contributed by atoms with Crippen molar-refractivity contribution in [3.63, 3.8) is 0 Å². The van der Waals surface area contributed by atoms with Gasteiger partial charge in [0.1, 0.15) is 17.1 Å². The van der Waals surface area contributed by atoms with Crippen LogP contribution in [0.5, 0.6) is 11.5 Å². The summed E-state index contributed by atoms with van der Waals surface area (Å²) in [5, 5.41) is 9.12. The lowest BCUT2D eigenvalue weighted by molar-refractivity contribution is 0.0694. The molecule has 0 saturated heterocycles. The summed E-state index contributed by atoms with van der Waals surface area (Å²) in [7, 11) is 0. The largest absolute Gasteiger partial charge is 0.478 e. The number of carboxylic acid groups (broad SMARTS) is 1. The molecule has 0 aliphatic heterocycles. The number of hydrogen-bond acceptors (Lipinski definition) is 3. The van der Waals surface area contributed by atoms with Crippen molar-refractivity contribution in [3.05, 3.63) is 52.3 Å². The number of benzene rings is 1. The Morgan fingerprint density at radius 2 is 2.11 bits per heavy atom. The molecule has 1 N–H and O–H groups in total. The van der Waals surface area contributed by atoms with Crippen LogP contribution in [0.4, 0.5) is 0 Å². The van der Waals surface area contributed by atoms with Crippen LogP contribution in [0.3, 0.4) is 0 Å². The van der Waals surface area contributed by atoms with Gasteiger partial charge >= 0.3 is 5.97 Å². The average Bonchev–Trinajstić information content (AvgIpc) is 2.31. The summed E-state index contributed by atoms with van der Waals surface area (Å²) in [6.07, 6.45) is 3.15. The minimum atomic E-state index is -1.02. The number of pyridine rings is 1. The molecule has 0 bridgehead atoms. The lowest BCUT2D eigenvalue weighted by Gasteiger charge is -2.09. The number of aromatic nitrogens is 1. The van der Waals surface area contributed by atoms with Gasteiger partial charge in [0.15, 0.2) is 0 Å². The third kappa shape index (κ3) is 2.87. The van der Waals surface area contributed by atoms with Gasteiger partial charge in [-0.25, -0.2) is 4.79 Å². The second-order valence-corrected chi connectivity index (χ2v) is 4.66. The standard InChI is InChI=1S/C13H10BrNO3/c1-8-2-3-12(11(4-8)13(16)17)18-10-5-9(14)6-15-7-10/h2-7H,1H3,(H,16,17). The first kappa shape index (κ1) is 12.6. The fraction of sp³-hybridized carbons (Fsp3) is 0.0769. The highest BCUT2D eigenvalue weighted by Gasteiger charge is 2.12. The SMILES string of the molecule is Cc1ccc(Oc2cncc(Br)c2)c(C(=O)O)c1. The van der Waals surface area contributed by atoms with Crippen LogP contribution in [0.25, 0.3) is 0 Å². The molecule has 92 valence electrons. The van der Waals surface area contributed by atoms with Crippen molar-refractivity contribution >= 4 is 21.9 Å². The maximum absolute atomic E-state index is 11.1. The van der Waals surface area contributed by atoms with Gasteiger partial charge in [0.25, 0.3) is 0 Å². The van der Waals surface area contributed by atoms with Crippen molar-refractivity contribution in [2.75, 3.05) is 0 Å². The molecule has 0 aliphatic rings. The van der Waals surface area contributed by atoms with Gasteiger partial charge in [-0.1, -0.05) is 11.6 Å². The highest BCUT2D eigenvalue weighted by Crippen LogP contribution is 2.27. The van der Waals surface area contributed by atoms with E-state index in [1.807, 2.05) is 6.92 Å². The summed E-state index contributed by atoms with van der Waals surface area (Å²) < 4.78 is 6.30. The Bertz CT molecular complexity index is 599. The van der Waals surface area contributed by atoms with E-state index in [4.69, 9.17) is 9.84 Å². The highest BCUT2D eigenvalue weighted by molar-refractivity contribution is 9.10. The molecule has 18 heavy (non-hydrogen) atoms. The van der Waals surface area contributed by atoms with Crippen molar-refractivity contribution in [1.29, 1.82) is 0 Å². The van der Waals surface area contributed by atoms with Crippen LogP contribution in [-0.4, -0.2) is 16.1 Å². The molecule has 0 fully saturated rings. The van der Waals surface area contributed by atoms with Crippen molar-refractivity contribution < 1.29 is 14.6 Å². The summed E-state index contributed by atoms with van der Waals surface area (Å²) in [5.74, 6) is -0.236. The van der Waals surface area contributed by atoms with Gasteiger partial charge < -0.3 is 9.84 Å². The number of nitrogens with zero attached hydrogens (tertiary/aromatic N) is 1. The zero-order valence-electron chi connectivity index (χ0n) is 9.55. The molecule has 0 unspecified atom stereocenters. The van der Waals surface area contributed by atoms with Crippen LogP contribution >= 0.6 is 15.9 Å². The molecule has 0 aliphatic carbocycles. The van der Waals surface area contributed by atoms with E-state index in [-0.39, 0.29) is 5.56 Å². The first-order valence-corrected chi connectivity index (χ1v) is 5.98. The smallest absolute Gasteiger partial charge is 0.339 e. The molecule has 0 atom stereocenters. The fourth-order valence-corrected chi connectivity index (χ4v) is 1.82. The first-order valence-electron chi connectivity index (χ1n) is 5.18. The van der Waals surface area contributed by atoms with E-state index in [1.165, 1.54) is 6.20 Å². The highest BCUT2D eigenvalue weighted by atomic mass is 79.9. The quantitative estimate of drug-likeness (QED) is 0.940. The molecule has 1 aromatic carbocycles. The third-order valence-electron chi connectivity index (χ3n) is 2.27. The molecular weight excluding hydrogens is 298 g/mol. The van der Waals surface area contributed by atoms with E-state index in [9.17, 15) is 4.79 Å². The predicted octanol–water partition coefficient (Wildman–Crippen LogP) is 3.64. The molecule has 5 heteroatoms. The summed E-state index contributed by atoms with van der Waals surface area (Å²) in [4.78, 5) is 15.1. The van der Waals surface area contributed by atoms with Crippen molar-refractivity contribution in [2.45, 2.75) is 6.92 Å². The minimum Gasteiger partial charge on any atom is -0.478 e. The van der Waals surface area contributed by atoms with Crippen molar-refractivity contribution in [2.24, 2.45) is 0 Å². The van der Waals surface area contributed by atoms with Crippen LogP contribution in [0.15, 0.2) is 41.1 Å². The molecular formula is C13H10BrNO3. The van der Waals surface area contributed by atoms with Gasteiger partial charge in [0, 0.05) is 10.7 Å². The molecule has 2 aromatic rings. The monoisotopic (exact) mass is 307 g/mol. The molecule has 0 spiro atoms. The summed E-state index contributed by atoms with van der Waals surface area (Å²) in [6, 6.07) is 6.73. The lowest BCUT2D eigenvalue weighted by Crippen LogP contribution is -2.00. The summed E-state index contributed by atoms with van der Waals surface area (Å²) >= 11 is 3.28. The molecule has 0 amide bonds. The molecule has 4 nitrogen and oxygen atoms in total. The Hall–Kier alpha value is -1.88. The van der Waals surface area contributed by atoms with Crippen molar-refractivity contribution in [1.82, 2.24) is 4.98 Å². The maximum atomic E-state index is 11.1. The predicted molar refractivity (Wildman–Crippen MR) is 70.1 cm³/mol. The van der Waals surface area contributed by atoms with E-state index in [1.54, 1.807) is 30.5 Å². The normalized spacial score (nSPS) is 10.1. The number of ether oxygens (including phenoxy) is 1. The number of carboxylic acids is 1. The van der Waals surface area contributed by atoms with E-state index in [0.717, 1.165) is 10.0 Å². The van der Waals surface area contributed by atoms with E-state index < -0.39 is 5.97 Å². The third-order valence-corrected chi connectivity index (χ3v) is 2.71. The van der Waals surface area contributed by atoms with Crippen LogP contribution in [-0.2, 0) is 0 Å².